The predicted octanol–water partition coefficient (Wildman–Crippen LogP) is 4.06. The van der Waals surface area contributed by atoms with E-state index in [-0.39, 0.29) is 24.1 Å². The average Bonchev–Trinajstić information content (AvgIpc) is 2.87. The maximum Gasteiger partial charge on any atom is 0.387 e. The lowest BCUT2D eigenvalue weighted by Gasteiger charge is -2.19. The second-order valence-electron chi connectivity index (χ2n) is 6.50. The Labute approximate surface area is 165 Å². The molecule has 2 heterocycles. The number of anilines is 1. The first-order valence-corrected chi connectivity index (χ1v) is 9.84. The summed E-state index contributed by atoms with van der Waals surface area (Å²) in [6.07, 6.45) is 3.26. The van der Waals surface area contributed by atoms with E-state index in [2.05, 4.69) is 15.0 Å². The number of amides is 2. The molecule has 2 aromatic rings. The number of benzene rings is 1. The molecule has 1 N–H and O–H groups in total. The van der Waals surface area contributed by atoms with Crippen LogP contribution in [0.15, 0.2) is 24.3 Å². The number of aromatic nitrogens is 1. The Morgan fingerprint density at radius 3 is 2.75 bits per heavy atom. The Morgan fingerprint density at radius 2 is 2.04 bits per heavy atom. The summed E-state index contributed by atoms with van der Waals surface area (Å²) >= 11 is 1.32. The van der Waals surface area contributed by atoms with Crippen LogP contribution in [0.3, 0.4) is 0 Å². The molecule has 0 atom stereocenters. The van der Waals surface area contributed by atoms with Crippen molar-refractivity contribution in [1.82, 2.24) is 9.88 Å². The SMILES string of the molecule is Cc1sc(NC(=O)CN2CCCCCC2=O)nc1-c1ccc(OC(F)F)cc1. The summed E-state index contributed by atoms with van der Waals surface area (Å²) < 4.78 is 28.8. The fourth-order valence-corrected chi connectivity index (χ4v) is 3.90. The van der Waals surface area contributed by atoms with E-state index in [0.717, 1.165) is 29.7 Å². The molecule has 1 aliphatic rings. The van der Waals surface area contributed by atoms with Crippen molar-refractivity contribution < 1.29 is 23.1 Å². The van der Waals surface area contributed by atoms with E-state index in [1.165, 1.54) is 23.5 Å². The molecule has 0 bridgehead atoms. The minimum atomic E-state index is -2.87. The number of ether oxygens (including phenoxy) is 1. The topological polar surface area (TPSA) is 71.5 Å². The summed E-state index contributed by atoms with van der Waals surface area (Å²) in [4.78, 5) is 31.2. The average molecular weight is 409 g/mol. The normalized spacial score (nSPS) is 14.9. The van der Waals surface area contributed by atoms with Crippen LogP contribution in [-0.2, 0) is 9.59 Å². The lowest BCUT2D eigenvalue weighted by molar-refractivity contribution is -0.134. The molecule has 9 heteroatoms. The van der Waals surface area contributed by atoms with Gasteiger partial charge in [-0.15, -0.1) is 11.3 Å². The van der Waals surface area contributed by atoms with E-state index in [9.17, 15) is 18.4 Å². The molecule has 0 spiro atoms. The number of carbonyl (C=O) groups excluding carboxylic acids is 2. The van der Waals surface area contributed by atoms with Crippen LogP contribution in [-0.4, -0.2) is 41.4 Å². The molecule has 0 unspecified atom stereocenters. The largest absolute Gasteiger partial charge is 0.435 e. The molecule has 28 heavy (non-hydrogen) atoms. The van der Waals surface area contributed by atoms with Crippen molar-refractivity contribution >= 4 is 28.3 Å². The van der Waals surface area contributed by atoms with E-state index in [1.807, 2.05) is 6.92 Å². The van der Waals surface area contributed by atoms with Crippen molar-refractivity contribution in [2.45, 2.75) is 39.2 Å². The highest BCUT2D eigenvalue weighted by molar-refractivity contribution is 7.16. The molecule has 1 aromatic heterocycles. The number of hydrogen-bond donors (Lipinski definition) is 1. The predicted molar refractivity (Wildman–Crippen MR) is 103 cm³/mol. The number of likely N-dealkylation sites (tertiary alicyclic amines) is 1. The Kier molecular flexibility index (Phi) is 6.56. The second-order valence-corrected chi connectivity index (χ2v) is 7.70. The molecule has 1 aromatic carbocycles. The van der Waals surface area contributed by atoms with E-state index < -0.39 is 6.61 Å². The fourth-order valence-electron chi connectivity index (χ4n) is 3.05. The van der Waals surface area contributed by atoms with Crippen molar-refractivity contribution in [1.29, 1.82) is 0 Å². The lowest BCUT2D eigenvalue weighted by Crippen LogP contribution is -2.37. The van der Waals surface area contributed by atoms with Gasteiger partial charge in [0.2, 0.25) is 11.8 Å². The highest BCUT2D eigenvalue weighted by Gasteiger charge is 2.20. The Hall–Kier alpha value is -2.55. The summed E-state index contributed by atoms with van der Waals surface area (Å²) in [5.41, 5.74) is 1.40. The van der Waals surface area contributed by atoms with Gasteiger partial charge in [0, 0.05) is 23.4 Å². The quantitative estimate of drug-likeness (QED) is 0.781. The van der Waals surface area contributed by atoms with Crippen molar-refractivity contribution in [2.75, 3.05) is 18.4 Å². The van der Waals surface area contributed by atoms with Crippen LogP contribution in [0.2, 0.25) is 0 Å². The fraction of sp³-hybridized carbons (Fsp3) is 0.421. The van der Waals surface area contributed by atoms with Crippen LogP contribution in [0.25, 0.3) is 11.3 Å². The molecule has 1 fully saturated rings. The van der Waals surface area contributed by atoms with Gasteiger partial charge in [-0.25, -0.2) is 4.98 Å². The van der Waals surface area contributed by atoms with Gasteiger partial charge in [0.25, 0.3) is 0 Å². The maximum absolute atomic E-state index is 12.3. The van der Waals surface area contributed by atoms with Crippen molar-refractivity contribution in [3.63, 3.8) is 0 Å². The monoisotopic (exact) mass is 409 g/mol. The van der Waals surface area contributed by atoms with Gasteiger partial charge >= 0.3 is 6.61 Å². The van der Waals surface area contributed by atoms with E-state index in [1.54, 1.807) is 17.0 Å². The lowest BCUT2D eigenvalue weighted by atomic mass is 10.1. The number of nitrogens with zero attached hydrogens (tertiary/aromatic N) is 2. The summed E-state index contributed by atoms with van der Waals surface area (Å²) in [5.74, 6) is -0.201. The van der Waals surface area contributed by atoms with Gasteiger partial charge in [0.05, 0.1) is 12.2 Å². The van der Waals surface area contributed by atoms with Crippen molar-refractivity contribution in [3.8, 4) is 17.0 Å². The molecular formula is C19H21F2N3O3S. The summed E-state index contributed by atoms with van der Waals surface area (Å²) in [6.45, 7) is -0.386. The Balaban J connectivity index is 1.64. The molecule has 150 valence electrons. The number of halogens is 2. The number of nitrogens with one attached hydrogen (secondary N) is 1. The van der Waals surface area contributed by atoms with Crippen molar-refractivity contribution in [2.24, 2.45) is 0 Å². The zero-order chi connectivity index (χ0) is 20.1. The standard InChI is InChI=1S/C19H21F2N3O3S/c1-12-17(13-6-8-14(9-7-13)27-18(20)21)23-19(28-12)22-15(25)11-24-10-4-2-3-5-16(24)26/h6-9,18H,2-5,10-11H2,1H3,(H,22,23,25). The number of thiazole rings is 1. The van der Waals surface area contributed by atoms with Crippen LogP contribution in [0.4, 0.5) is 13.9 Å². The first-order chi connectivity index (χ1) is 13.4. The smallest absolute Gasteiger partial charge is 0.387 e. The van der Waals surface area contributed by atoms with Gasteiger partial charge in [-0.3, -0.25) is 9.59 Å². The number of rotatable bonds is 6. The molecule has 0 radical (unpaired) electrons. The number of carbonyl (C=O) groups is 2. The van der Waals surface area contributed by atoms with Gasteiger partial charge in [0.15, 0.2) is 5.13 Å². The summed E-state index contributed by atoms with van der Waals surface area (Å²) in [7, 11) is 0. The van der Waals surface area contributed by atoms with E-state index >= 15 is 0 Å². The number of aryl methyl sites for hydroxylation is 1. The molecule has 1 saturated heterocycles. The Bertz CT molecular complexity index is 839. The zero-order valence-electron chi connectivity index (χ0n) is 15.4. The molecular weight excluding hydrogens is 388 g/mol. The Morgan fingerprint density at radius 1 is 1.29 bits per heavy atom. The van der Waals surface area contributed by atoms with Gasteiger partial charge < -0.3 is 15.0 Å². The van der Waals surface area contributed by atoms with Gasteiger partial charge in [-0.2, -0.15) is 8.78 Å². The van der Waals surface area contributed by atoms with Gasteiger partial charge in [-0.1, -0.05) is 6.42 Å². The third-order valence-electron chi connectivity index (χ3n) is 4.40. The molecule has 0 saturated carbocycles. The van der Waals surface area contributed by atoms with E-state index in [4.69, 9.17) is 0 Å². The molecule has 3 rings (SSSR count). The van der Waals surface area contributed by atoms with Gasteiger partial charge in [-0.05, 0) is 44.0 Å². The first-order valence-electron chi connectivity index (χ1n) is 9.02. The first kappa shape index (κ1) is 20.2. The minimum absolute atomic E-state index is 0.00904. The molecule has 2 amide bonds. The number of alkyl halides is 2. The van der Waals surface area contributed by atoms with Crippen LogP contribution >= 0.6 is 11.3 Å². The van der Waals surface area contributed by atoms with Crippen molar-refractivity contribution in [3.05, 3.63) is 29.1 Å². The summed E-state index contributed by atoms with van der Waals surface area (Å²) in [5, 5.41) is 3.19. The summed E-state index contributed by atoms with van der Waals surface area (Å²) in [6, 6.07) is 6.18. The van der Waals surface area contributed by atoms with Crippen LogP contribution < -0.4 is 10.1 Å². The third kappa shape index (κ3) is 5.25. The van der Waals surface area contributed by atoms with Crippen LogP contribution in [0.5, 0.6) is 5.75 Å². The molecule has 0 aliphatic carbocycles. The maximum atomic E-state index is 12.3. The highest BCUT2D eigenvalue weighted by atomic mass is 32.1. The third-order valence-corrected chi connectivity index (χ3v) is 5.29. The second kappa shape index (κ2) is 9.09. The van der Waals surface area contributed by atoms with E-state index in [0.29, 0.717) is 23.8 Å². The zero-order valence-corrected chi connectivity index (χ0v) is 16.2. The van der Waals surface area contributed by atoms with Gasteiger partial charge in [0.1, 0.15) is 5.75 Å². The highest BCUT2D eigenvalue weighted by Crippen LogP contribution is 2.31. The number of hydrogen-bond acceptors (Lipinski definition) is 5. The molecule has 6 nitrogen and oxygen atoms in total. The minimum Gasteiger partial charge on any atom is -0.435 e. The van der Waals surface area contributed by atoms with Crippen LogP contribution in [0.1, 0.15) is 30.6 Å². The molecule has 1 aliphatic heterocycles. The van der Waals surface area contributed by atoms with Crippen LogP contribution in [0, 0.1) is 6.92 Å².